The second kappa shape index (κ2) is 8.52. The zero-order chi connectivity index (χ0) is 13.3. The number of hydrogen-bond acceptors (Lipinski definition) is 2. The maximum absolute atomic E-state index is 12.1. The second-order valence-electron chi connectivity index (χ2n) is 5.86. The summed E-state index contributed by atoms with van der Waals surface area (Å²) >= 11 is 0. The van der Waals surface area contributed by atoms with Crippen LogP contribution in [0.1, 0.15) is 65.2 Å². The minimum Gasteiger partial charge on any atom is -0.356 e. The van der Waals surface area contributed by atoms with E-state index >= 15 is 0 Å². The summed E-state index contributed by atoms with van der Waals surface area (Å²) in [7, 11) is 0. The molecule has 2 N–H and O–H groups in total. The third-order valence-corrected chi connectivity index (χ3v) is 3.96. The predicted molar refractivity (Wildman–Crippen MR) is 76.6 cm³/mol. The highest BCUT2D eigenvalue weighted by Gasteiger charge is 2.34. The molecule has 1 fully saturated rings. The lowest BCUT2D eigenvalue weighted by Gasteiger charge is -2.32. The van der Waals surface area contributed by atoms with Crippen LogP contribution >= 0.6 is 0 Å². The molecule has 1 aliphatic rings. The van der Waals surface area contributed by atoms with Crippen molar-refractivity contribution in [3.63, 3.8) is 0 Å². The van der Waals surface area contributed by atoms with E-state index in [9.17, 15) is 4.79 Å². The Morgan fingerprint density at radius 1 is 1.22 bits per heavy atom. The third kappa shape index (κ3) is 5.38. The van der Waals surface area contributed by atoms with E-state index in [1.54, 1.807) is 0 Å². The van der Waals surface area contributed by atoms with Crippen LogP contribution in [-0.2, 0) is 4.79 Å². The van der Waals surface area contributed by atoms with Crippen molar-refractivity contribution in [2.75, 3.05) is 19.6 Å². The first-order valence-electron chi connectivity index (χ1n) is 7.68. The van der Waals surface area contributed by atoms with Crippen LogP contribution < -0.4 is 10.6 Å². The van der Waals surface area contributed by atoms with Crippen LogP contribution in [-0.4, -0.2) is 25.5 Å². The summed E-state index contributed by atoms with van der Waals surface area (Å²) < 4.78 is 0. The molecular formula is C15H30N2O. The van der Waals surface area contributed by atoms with Gasteiger partial charge in [-0.25, -0.2) is 0 Å². The fourth-order valence-electron chi connectivity index (χ4n) is 2.57. The lowest BCUT2D eigenvalue weighted by Crippen LogP contribution is -2.48. The molecule has 1 rings (SSSR count). The highest BCUT2D eigenvalue weighted by Crippen LogP contribution is 2.25. The maximum atomic E-state index is 12.1. The van der Waals surface area contributed by atoms with Gasteiger partial charge in [0.25, 0.3) is 0 Å². The number of nitrogens with one attached hydrogen (secondary N) is 2. The van der Waals surface area contributed by atoms with Crippen LogP contribution in [0.2, 0.25) is 0 Å². The Kier molecular flexibility index (Phi) is 7.33. The molecule has 1 atom stereocenters. The van der Waals surface area contributed by atoms with Gasteiger partial charge in [0.05, 0.1) is 5.41 Å². The van der Waals surface area contributed by atoms with Crippen molar-refractivity contribution in [2.24, 2.45) is 5.41 Å². The molecule has 0 spiro atoms. The van der Waals surface area contributed by atoms with Crippen molar-refractivity contribution >= 4 is 5.91 Å². The number of carbonyl (C=O) groups is 1. The first-order chi connectivity index (χ1) is 8.69. The van der Waals surface area contributed by atoms with E-state index in [2.05, 4.69) is 24.5 Å². The first kappa shape index (κ1) is 15.5. The van der Waals surface area contributed by atoms with Crippen molar-refractivity contribution in [1.82, 2.24) is 10.6 Å². The monoisotopic (exact) mass is 254 g/mol. The first-order valence-corrected chi connectivity index (χ1v) is 7.68. The molecule has 0 radical (unpaired) electrons. The van der Waals surface area contributed by atoms with E-state index in [4.69, 9.17) is 0 Å². The summed E-state index contributed by atoms with van der Waals surface area (Å²) in [6.45, 7) is 7.05. The number of unbranched alkanes of at least 4 members (excludes halogenated alkanes) is 5. The van der Waals surface area contributed by atoms with Gasteiger partial charge in [-0.2, -0.15) is 0 Å². The molecular weight excluding hydrogens is 224 g/mol. The Balaban J connectivity index is 2.05. The number of rotatable bonds is 8. The number of hydrogen-bond donors (Lipinski definition) is 2. The van der Waals surface area contributed by atoms with Gasteiger partial charge >= 0.3 is 0 Å². The summed E-state index contributed by atoms with van der Waals surface area (Å²) in [5, 5.41) is 6.43. The average molecular weight is 254 g/mol. The summed E-state index contributed by atoms with van der Waals surface area (Å²) in [6, 6.07) is 0. The van der Waals surface area contributed by atoms with E-state index in [1.165, 1.54) is 32.1 Å². The average Bonchev–Trinajstić information content (AvgIpc) is 2.38. The summed E-state index contributed by atoms with van der Waals surface area (Å²) in [5.74, 6) is 0.239. The van der Waals surface area contributed by atoms with Gasteiger partial charge in [-0.05, 0) is 32.7 Å². The Morgan fingerprint density at radius 2 is 1.94 bits per heavy atom. The van der Waals surface area contributed by atoms with Gasteiger partial charge in [-0.1, -0.05) is 39.0 Å². The molecule has 3 heteroatoms. The van der Waals surface area contributed by atoms with Crippen molar-refractivity contribution in [3.8, 4) is 0 Å². The quantitative estimate of drug-likeness (QED) is 0.654. The molecule has 1 unspecified atom stereocenters. The Hall–Kier alpha value is -0.570. The normalized spacial score (nSPS) is 23.9. The van der Waals surface area contributed by atoms with E-state index < -0.39 is 0 Å². The van der Waals surface area contributed by atoms with Gasteiger partial charge in [0.15, 0.2) is 0 Å². The zero-order valence-electron chi connectivity index (χ0n) is 12.2. The number of piperidine rings is 1. The van der Waals surface area contributed by atoms with Gasteiger partial charge in [0.1, 0.15) is 0 Å². The van der Waals surface area contributed by atoms with Crippen LogP contribution in [0.3, 0.4) is 0 Å². The molecule has 106 valence electrons. The predicted octanol–water partition coefficient (Wildman–Crippen LogP) is 2.85. The van der Waals surface area contributed by atoms with Crippen molar-refractivity contribution < 1.29 is 4.79 Å². The SMILES string of the molecule is CCCCCCCCNC(=O)C1(C)CCCNC1. The van der Waals surface area contributed by atoms with Crippen molar-refractivity contribution in [1.29, 1.82) is 0 Å². The topological polar surface area (TPSA) is 41.1 Å². The van der Waals surface area contributed by atoms with Crippen LogP contribution in [0.5, 0.6) is 0 Å². The van der Waals surface area contributed by atoms with E-state index in [0.29, 0.717) is 0 Å². The maximum Gasteiger partial charge on any atom is 0.227 e. The van der Waals surface area contributed by atoms with Crippen LogP contribution in [0, 0.1) is 5.41 Å². The molecule has 0 aromatic rings. The van der Waals surface area contributed by atoms with Gasteiger partial charge in [-0.3, -0.25) is 4.79 Å². The molecule has 0 aromatic heterocycles. The lowest BCUT2D eigenvalue weighted by molar-refractivity contribution is -0.131. The third-order valence-electron chi connectivity index (χ3n) is 3.96. The van der Waals surface area contributed by atoms with Gasteiger partial charge in [0, 0.05) is 13.1 Å². The fraction of sp³-hybridized carbons (Fsp3) is 0.933. The van der Waals surface area contributed by atoms with Gasteiger partial charge < -0.3 is 10.6 Å². The Morgan fingerprint density at radius 3 is 2.61 bits per heavy atom. The minimum atomic E-state index is -0.180. The highest BCUT2D eigenvalue weighted by molar-refractivity contribution is 5.82. The summed E-state index contributed by atoms with van der Waals surface area (Å²) in [4.78, 5) is 12.1. The Bertz CT molecular complexity index is 235. The molecule has 1 heterocycles. The summed E-state index contributed by atoms with van der Waals surface area (Å²) in [5.41, 5.74) is -0.180. The van der Waals surface area contributed by atoms with Gasteiger partial charge in [-0.15, -0.1) is 0 Å². The molecule has 0 aromatic carbocycles. The summed E-state index contributed by atoms with van der Waals surface area (Å²) in [6.07, 6.45) is 9.78. The standard InChI is InChI=1S/C15H30N2O/c1-3-4-5-6-7-8-12-17-14(18)15(2)10-9-11-16-13-15/h16H,3-13H2,1-2H3,(H,17,18). The molecule has 1 saturated heterocycles. The van der Waals surface area contributed by atoms with Crippen molar-refractivity contribution in [3.05, 3.63) is 0 Å². The molecule has 1 amide bonds. The largest absolute Gasteiger partial charge is 0.356 e. The van der Waals surface area contributed by atoms with Crippen molar-refractivity contribution in [2.45, 2.75) is 65.2 Å². The van der Waals surface area contributed by atoms with E-state index in [-0.39, 0.29) is 11.3 Å². The molecule has 0 aliphatic carbocycles. The molecule has 0 saturated carbocycles. The smallest absolute Gasteiger partial charge is 0.227 e. The second-order valence-corrected chi connectivity index (χ2v) is 5.86. The van der Waals surface area contributed by atoms with Crippen LogP contribution in [0.4, 0.5) is 0 Å². The van der Waals surface area contributed by atoms with E-state index in [0.717, 1.165) is 38.9 Å². The Labute approximate surface area is 112 Å². The highest BCUT2D eigenvalue weighted by atomic mass is 16.2. The molecule has 1 aliphatic heterocycles. The lowest BCUT2D eigenvalue weighted by atomic mass is 9.82. The molecule has 0 bridgehead atoms. The van der Waals surface area contributed by atoms with E-state index in [1.807, 2.05) is 0 Å². The minimum absolute atomic E-state index is 0.180. The fourth-order valence-corrected chi connectivity index (χ4v) is 2.57. The molecule has 18 heavy (non-hydrogen) atoms. The zero-order valence-corrected chi connectivity index (χ0v) is 12.2. The molecule has 3 nitrogen and oxygen atoms in total. The number of amides is 1. The number of carbonyl (C=O) groups excluding carboxylic acids is 1. The van der Waals surface area contributed by atoms with Crippen LogP contribution in [0.25, 0.3) is 0 Å². The van der Waals surface area contributed by atoms with Crippen LogP contribution in [0.15, 0.2) is 0 Å². The van der Waals surface area contributed by atoms with Gasteiger partial charge in [0.2, 0.25) is 5.91 Å².